The largest absolute Gasteiger partial charge is 0.476 e. The zero-order chi connectivity index (χ0) is 25.2. The van der Waals surface area contributed by atoms with Crippen LogP contribution in [0.1, 0.15) is 37.7 Å². The third-order valence-corrected chi connectivity index (χ3v) is 6.36. The van der Waals surface area contributed by atoms with Gasteiger partial charge in [0.05, 0.1) is 54.0 Å². The van der Waals surface area contributed by atoms with E-state index in [1.54, 1.807) is 0 Å². The summed E-state index contributed by atoms with van der Waals surface area (Å²) in [4.78, 5) is 2.20. The zero-order valence-electron chi connectivity index (χ0n) is 21.2. The van der Waals surface area contributed by atoms with Crippen LogP contribution < -0.4 is 9.47 Å². The average Bonchev–Trinajstić information content (AvgIpc) is 3.53. The number of aliphatic hydroxyl groups excluding tert-OH is 1. The van der Waals surface area contributed by atoms with E-state index in [4.69, 9.17) is 9.47 Å². The molecule has 5 rings (SSSR count). The zero-order valence-corrected chi connectivity index (χ0v) is 21.2. The summed E-state index contributed by atoms with van der Waals surface area (Å²) in [5.41, 5.74) is 5.61. The average molecular weight is 492 g/mol. The fourth-order valence-electron chi connectivity index (χ4n) is 4.74. The van der Waals surface area contributed by atoms with Gasteiger partial charge >= 0.3 is 0 Å². The third kappa shape index (κ3) is 4.49. The number of ether oxygens (including phenoxy) is 2. The molecular formula is C26H33N7O3. The van der Waals surface area contributed by atoms with Crippen molar-refractivity contribution >= 4 is 23.1 Å². The van der Waals surface area contributed by atoms with Crippen LogP contribution in [0.25, 0.3) is 34.2 Å². The van der Waals surface area contributed by atoms with Gasteiger partial charge in [-0.2, -0.15) is 10.2 Å². The Labute approximate surface area is 210 Å². The minimum atomic E-state index is -0.0892. The Bertz CT molecular complexity index is 1380. The van der Waals surface area contributed by atoms with E-state index in [1.165, 1.54) is 0 Å². The lowest BCUT2D eigenvalue weighted by molar-refractivity contribution is 0.145. The maximum absolute atomic E-state index is 9.68. The molecular weight excluding hydrogens is 458 g/mol. The maximum atomic E-state index is 9.68. The highest BCUT2D eigenvalue weighted by molar-refractivity contribution is 5.93. The number of aryl methyl sites for hydroxylation is 1. The highest BCUT2D eigenvalue weighted by Crippen LogP contribution is 2.34. The summed E-state index contributed by atoms with van der Waals surface area (Å²) in [6, 6.07) is 6.19. The van der Waals surface area contributed by atoms with Crippen LogP contribution in [0.15, 0.2) is 24.4 Å². The van der Waals surface area contributed by atoms with E-state index in [0.29, 0.717) is 38.7 Å². The lowest BCUT2D eigenvalue weighted by Gasteiger charge is -2.23. The van der Waals surface area contributed by atoms with Crippen LogP contribution in [0.5, 0.6) is 11.8 Å². The molecule has 1 atom stereocenters. The summed E-state index contributed by atoms with van der Waals surface area (Å²) >= 11 is 0. The van der Waals surface area contributed by atoms with Gasteiger partial charge in [0.2, 0.25) is 11.8 Å². The molecule has 1 aliphatic rings. The summed E-state index contributed by atoms with van der Waals surface area (Å²) in [5, 5.41) is 27.6. The van der Waals surface area contributed by atoms with Gasteiger partial charge in [0.25, 0.3) is 0 Å². The number of aromatic amines is 1. The number of nitrogens with zero attached hydrogens (tertiary/aromatic N) is 6. The van der Waals surface area contributed by atoms with E-state index in [-0.39, 0.29) is 12.7 Å². The molecule has 1 aromatic carbocycles. The second-order valence-electron chi connectivity index (χ2n) is 9.05. The van der Waals surface area contributed by atoms with Crippen LogP contribution >= 0.6 is 0 Å². The number of benzene rings is 1. The van der Waals surface area contributed by atoms with Gasteiger partial charge in [0, 0.05) is 25.0 Å². The first-order valence-electron chi connectivity index (χ1n) is 12.4. The molecule has 1 unspecified atom stereocenters. The highest BCUT2D eigenvalue weighted by Gasteiger charge is 2.22. The van der Waals surface area contributed by atoms with Gasteiger partial charge in [-0.3, -0.25) is 14.7 Å². The normalized spacial score (nSPS) is 17.3. The monoisotopic (exact) mass is 491 g/mol. The summed E-state index contributed by atoms with van der Waals surface area (Å²) in [6.45, 7) is 8.96. The number of likely N-dealkylation sites (N-methyl/N-ethyl adjacent to an activating group) is 1. The van der Waals surface area contributed by atoms with Crippen LogP contribution in [-0.4, -0.2) is 72.7 Å². The summed E-state index contributed by atoms with van der Waals surface area (Å²) in [5.74, 6) is 1.32. The Kier molecular flexibility index (Phi) is 6.80. The number of aliphatic hydroxyl groups is 1. The quantitative estimate of drug-likeness (QED) is 0.441. The first-order valence-corrected chi connectivity index (χ1v) is 12.4. The SMILES string of the molecule is CCOc1nn(CCO)c2c1/C=C/c1[nH]nc3ccc(cc13)-c1cnn(CC)c1OC(C)CN(C)C2. The number of hydrogen-bond donors (Lipinski definition) is 2. The number of nitrogens with one attached hydrogen (secondary N) is 1. The Balaban J connectivity index is 1.69. The second kappa shape index (κ2) is 10.2. The van der Waals surface area contributed by atoms with Crippen LogP contribution in [0.3, 0.4) is 0 Å². The number of rotatable bonds is 5. The van der Waals surface area contributed by atoms with Crippen molar-refractivity contribution in [1.82, 2.24) is 34.7 Å². The molecule has 1 aliphatic heterocycles. The molecule has 3 aromatic heterocycles. The fraction of sp³-hybridized carbons (Fsp3) is 0.423. The molecule has 4 aromatic rings. The fourth-order valence-corrected chi connectivity index (χ4v) is 4.74. The molecule has 0 amide bonds. The lowest BCUT2D eigenvalue weighted by atomic mass is 10.1. The van der Waals surface area contributed by atoms with Crippen LogP contribution in [0, 0.1) is 0 Å². The van der Waals surface area contributed by atoms with E-state index >= 15 is 0 Å². The van der Waals surface area contributed by atoms with E-state index in [0.717, 1.165) is 44.9 Å². The topological polar surface area (TPSA) is 106 Å². The molecule has 0 spiro atoms. The molecule has 2 bridgehead atoms. The summed E-state index contributed by atoms with van der Waals surface area (Å²) in [7, 11) is 2.06. The Morgan fingerprint density at radius 3 is 2.86 bits per heavy atom. The molecule has 0 aliphatic carbocycles. The molecule has 0 saturated carbocycles. The summed E-state index contributed by atoms with van der Waals surface area (Å²) < 4.78 is 16.1. The molecule has 36 heavy (non-hydrogen) atoms. The van der Waals surface area contributed by atoms with Gasteiger partial charge < -0.3 is 14.6 Å². The first-order chi connectivity index (χ1) is 17.5. The third-order valence-electron chi connectivity index (χ3n) is 6.36. The molecule has 10 heteroatoms. The minimum absolute atomic E-state index is 0.00955. The van der Waals surface area contributed by atoms with Crippen molar-refractivity contribution in [1.29, 1.82) is 0 Å². The Morgan fingerprint density at radius 1 is 1.22 bits per heavy atom. The minimum Gasteiger partial charge on any atom is -0.476 e. The first kappa shape index (κ1) is 24.1. The number of hydrogen-bond acceptors (Lipinski definition) is 7. The van der Waals surface area contributed by atoms with Crippen molar-refractivity contribution in [2.45, 2.75) is 46.5 Å². The van der Waals surface area contributed by atoms with Gasteiger partial charge in [-0.1, -0.05) is 6.07 Å². The Morgan fingerprint density at radius 2 is 2.08 bits per heavy atom. The predicted molar refractivity (Wildman–Crippen MR) is 139 cm³/mol. The van der Waals surface area contributed by atoms with Gasteiger partial charge in [-0.25, -0.2) is 4.68 Å². The number of fused-ring (bicyclic) bond motifs is 4. The number of H-pyrrole nitrogens is 1. The second-order valence-corrected chi connectivity index (χ2v) is 9.05. The van der Waals surface area contributed by atoms with Crippen molar-refractivity contribution in [2.75, 3.05) is 26.8 Å². The van der Waals surface area contributed by atoms with E-state index in [2.05, 4.69) is 58.3 Å². The Hall–Kier alpha value is -3.63. The summed E-state index contributed by atoms with van der Waals surface area (Å²) in [6.07, 6.45) is 5.82. The molecule has 190 valence electrons. The van der Waals surface area contributed by atoms with E-state index < -0.39 is 0 Å². The number of aromatic nitrogens is 6. The highest BCUT2D eigenvalue weighted by atomic mass is 16.5. The maximum Gasteiger partial charge on any atom is 0.240 e. The molecule has 0 fully saturated rings. The van der Waals surface area contributed by atoms with Crippen molar-refractivity contribution in [3.63, 3.8) is 0 Å². The van der Waals surface area contributed by atoms with Crippen molar-refractivity contribution in [2.24, 2.45) is 0 Å². The molecule has 0 saturated heterocycles. The van der Waals surface area contributed by atoms with Crippen LogP contribution in [0.4, 0.5) is 0 Å². The van der Waals surface area contributed by atoms with Crippen molar-refractivity contribution in [3.05, 3.63) is 41.3 Å². The van der Waals surface area contributed by atoms with E-state index in [9.17, 15) is 5.11 Å². The van der Waals surface area contributed by atoms with Gasteiger partial charge in [0.15, 0.2) is 0 Å². The molecule has 0 radical (unpaired) electrons. The van der Waals surface area contributed by atoms with Crippen LogP contribution in [0.2, 0.25) is 0 Å². The molecule has 10 nitrogen and oxygen atoms in total. The smallest absolute Gasteiger partial charge is 0.240 e. The predicted octanol–water partition coefficient (Wildman–Crippen LogP) is 3.42. The molecule has 4 heterocycles. The van der Waals surface area contributed by atoms with Gasteiger partial charge in [-0.15, -0.1) is 5.10 Å². The van der Waals surface area contributed by atoms with Crippen molar-refractivity contribution < 1.29 is 14.6 Å². The van der Waals surface area contributed by atoms with E-state index in [1.807, 2.05) is 40.7 Å². The van der Waals surface area contributed by atoms with Crippen LogP contribution in [-0.2, 0) is 19.6 Å². The standard InChI is InChI=1S/C26H33N7O3/c1-5-32-26-21(14-27-32)18-7-9-22-20(13-18)23(29-28-22)10-8-19-24(16-31(4)15-17(3)36-26)33(11-12-34)30-25(19)35-6-2/h7-10,13-14,17,34H,5-6,11-12,15-16H2,1-4H3,(H,28,29)/b10-8+. The lowest BCUT2D eigenvalue weighted by Crippen LogP contribution is -2.32. The van der Waals surface area contributed by atoms with Crippen molar-refractivity contribution in [3.8, 4) is 22.9 Å². The van der Waals surface area contributed by atoms with Gasteiger partial charge in [0.1, 0.15) is 6.10 Å². The molecule has 2 N–H and O–H groups in total. The van der Waals surface area contributed by atoms with Gasteiger partial charge in [-0.05, 0) is 57.7 Å².